The topological polar surface area (TPSA) is 265 Å². The first-order valence-corrected chi connectivity index (χ1v) is 5.84. The van der Waals surface area contributed by atoms with Gasteiger partial charge in [0.05, 0.1) is 0 Å². The Kier molecular flexibility index (Phi) is 15.5. The molecular formula is C10H14CaN4O10. The monoisotopic (exact) mass is 390 g/mol. The van der Waals surface area contributed by atoms with Crippen LogP contribution in [0.25, 0.3) is 0 Å². The average Bonchev–Trinajstić information content (AvgIpc) is 2.35. The number of rotatable bonds is 8. The van der Waals surface area contributed by atoms with E-state index in [0.29, 0.717) is 0 Å². The van der Waals surface area contributed by atoms with Gasteiger partial charge < -0.3 is 52.1 Å². The molecule has 0 aliphatic heterocycles. The van der Waals surface area contributed by atoms with Crippen LogP contribution in [-0.4, -0.2) is 96.0 Å². The van der Waals surface area contributed by atoms with Crippen LogP contribution in [0.5, 0.6) is 0 Å². The number of urea groups is 2. The molecule has 0 heterocycles. The molecule has 0 aliphatic carbocycles. The van der Waals surface area contributed by atoms with Gasteiger partial charge in [0.2, 0.25) is 0 Å². The summed E-state index contributed by atoms with van der Waals surface area (Å²) in [4.78, 5) is 60.5. The predicted octanol–water partition coefficient (Wildman–Crippen LogP) is -5.88. The minimum absolute atomic E-state index is 0. The third-order valence-corrected chi connectivity index (χ3v) is 1.97. The van der Waals surface area contributed by atoms with Crippen molar-refractivity contribution in [3.63, 3.8) is 0 Å². The van der Waals surface area contributed by atoms with Gasteiger partial charge in [-0.1, -0.05) is 0 Å². The van der Waals surface area contributed by atoms with E-state index in [1.54, 1.807) is 10.6 Å². The molecule has 4 amide bonds. The molecule has 0 radical (unpaired) electrons. The van der Waals surface area contributed by atoms with Crippen LogP contribution in [-0.2, 0) is 19.2 Å². The number of carboxylic acid groups (broad SMARTS) is 4. The maximum Gasteiger partial charge on any atom is 2.00 e. The second-order valence-electron chi connectivity index (χ2n) is 3.95. The van der Waals surface area contributed by atoms with Gasteiger partial charge >= 0.3 is 61.7 Å². The van der Waals surface area contributed by atoms with Crippen LogP contribution in [0.2, 0.25) is 0 Å². The first-order chi connectivity index (χ1) is 10.9. The van der Waals surface area contributed by atoms with Crippen molar-refractivity contribution < 1.29 is 49.2 Å². The van der Waals surface area contributed by atoms with Gasteiger partial charge in [-0.25, -0.2) is 19.2 Å². The number of hydrogen-bond acceptors (Lipinski definition) is 8. The number of nitrogens with one attached hydrogen (secondary N) is 2. The standard InChI is InChI=1S/2C5H8N2O5.Ca/c2*6-5(12)7-2(4(10)11)1-3(8)9;/h2*2H,1H2,(H,8,9)(H,10,11)(H3,6,7,12);/q;;+2/p-2/t2*2-;/m00./s1. The molecule has 0 aromatic heterocycles. The number of amides is 4. The number of carboxylic acids is 4. The van der Waals surface area contributed by atoms with E-state index in [9.17, 15) is 39.0 Å². The first kappa shape index (κ1) is 27.5. The molecule has 15 heteroatoms. The van der Waals surface area contributed by atoms with Crippen molar-refractivity contribution >= 4 is 73.7 Å². The Labute approximate surface area is 169 Å². The third-order valence-electron chi connectivity index (χ3n) is 1.97. The van der Waals surface area contributed by atoms with Crippen molar-refractivity contribution in [2.45, 2.75) is 24.9 Å². The van der Waals surface area contributed by atoms with E-state index in [4.69, 9.17) is 10.2 Å². The maximum absolute atomic E-state index is 10.2. The summed E-state index contributed by atoms with van der Waals surface area (Å²) in [6, 6.07) is -5.26. The van der Waals surface area contributed by atoms with Gasteiger partial charge in [0, 0.05) is 24.8 Å². The van der Waals surface area contributed by atoms with E-state index < -0.39 is 60.9 Å². The fourth-order valence-corrected chi connectivity index (χ4v) is 1.08. The molecule has 0 aliphatic rings. The molecule has 0 aromatic rings. The third kappa shape index (κ3) is 17.9. The van der Waals surface area contributed by atoms with E-state index >= 15 is 0 Å². The predicted molar refractivity (Wildman–Crippen MR) is 73.3 cm³/mol. The van der Waals surface area contributed by atoms with Crippen LogP contribution < -0.4 is 32.3 Å². The van der Waals surface area contributed by atoms with Gasteiger partial charge in [-0.15, -0.1) is 0 Å². The zero-order valence-electron chi connectivity index (χ0n) is 12.6. The summed E-state index contributed by atoms with van der Waals surface area (Å²) in [6.07, 6.45) is -1.61. The Balaban J connectivity index is -0.000000372. The molecule has 0 fully saturated rings. The number of carbonyl (C=O) groups is 6. The van der Waals surface area contributed by atoms with Crippen LogP contribution in [0.4, 0.5) is 9.59 Å². The van der Waals surface area contributed by atoms with E-state index in [1.807, 2.05) is 0 Å². The normalized spacial score (nSPS) is 11.2. The summed E-state index contributed by atoms with van der Waals surface area (Å²) in [5, 5.41) is 39.9. The van der Waals surface area contributed by atoms with E-state index in [1.165, 1.54) is 0 Å². The molecule has 0 aromatic carbocycles. The molecule has 0 saturated heterocycles. The fourth-order valence-electron chi connectivity index (χ4n) is 1.08. The molecular weight excluding hydrogens is 376 g/mol. The van der Waals surface area contributed by atoms with Crippen molar-refractivity contribution in [1.29, 1.82) is 0 Å². The number of hydrogen-bond donors (Lipinski definition) is 6. The molecule has 0 unspecified atom stereocenters. The van der Waals surface area contributed by atoms with Gasteiger partial charge in [-0.05, 0) is 0 Å². The molecule has 0 saturated carbocycles. The van der Waals surface area contributed by atoms with Crippen LogP contribution >= 0.6 is 0 Å². The Morgan fingerprint density at radius 1 is 0.760 bits per heavy atom. The van der Waals surface area contributed by atoms with Crippen molar-refractivity contribution in [3.05, 3.63) is 0 Å². The molecule has 0 bridgehead atoms. The second-order valence-corrected chi connectivity index (χ2v) is 3.95. The Morgan fingerprint density at radius 3 is 1.12 bits per heavy atom. The van der Waals surface area contributed by atoms with Crippen molar-refractivity contribution in [2.24, 2.45) is 11.5 Å². The summed E-state index contributed by atoms with van der Waals surface area (Å²) >= 11 is 0. The van der Waals surface area contributed by atoms with Crippen LogP contribution in [0.3, 0.4) is 0 Å². The Morgan fingerprint density at radius 2 is 1.00 bits per heavy atom. The Hall–Kier alpha value is -2.32. The number of aliphatic carboxylic acids is 4. The summed E-state index contributed by atoms with van der Waals surface area (Å²) < 4.78 is 0. The second kappa shape index (κ2) is 14.1. The SMILES string of the molecule is NC(=O)N[C@@H](CC(=O)[O-])C(=O)O.NC(=O)N[C@@H](CC(=O)[O-])C(=O)O.[Ca+2]. The van der Waals surface area contributed by atoms with Gasteiger partial charge in [-0.3, -0.25) is 0 Å². The largest absolute Gasteiger partial charge is 2.00 e. The summed E-state index contributed by atoms with van der Waals surface area (Å²) in [5.74, 6) is -6.09. The van der Waals surface area contributed by atoms with Crippen molar-refractivity contribution in [1.82, 2.24) is 10.6 Å². The molecule has 136 valence electrons. The Bertz CT molecular complexity index is 448. The molecule has 14 nitrogen and oxygen atoms in total. The molecule has 0 spiro atoms. The summed E-state index contributed by atoms with van der Waals surface area (Å²) in [5.41, 5.74) is 9.16. The molecule has 8 N–H and O–H groups in total. The van der Waals surface area contributed by atoms with Crippen molar-refractivity contribution in [2.75, 3.05) is 0 Å². The van der Waals surface area contributed by atoms with Crippen LogP contribution in [0, 0.1) is 0 Å². The minimum atomic E-state index is -1.57. The quantitative estimate of drug-likeness (QED) is 0.213. The smallest absolute Gasteiger partial charge is 0.550 e. The van der Waals surface area contributed by atoms with Gasteiger partial charge in [0.25, 0.3) is 0 Å². The van der Waals surface area contributed by atoms with E-state index in [2.05, 4.69) is 11.5 Å². The minimum Gasteiger partial charge on any atom is -0.550 e. The van der Waals surface area contributed by atoms with Crippen molar-refractivity contribution in [3.8, 4) is 0 Å². The van der Waals surface area contributed by atoms with E-state index in [-0.39, 0.29) is 37.7 Å². The average molecular weight is 390 g/mol. The van der Waals surface area contributed by atoms with Gasteiger partial charge in [-0.2, -0.15) is 0 Å². The van der Waals surface area contributed by atoms with Crippen LogP contribution in [0.1, 0.15) is 12.8 Å². The van der Waals surface area contributed by atoms with Gasteiger partial charge in [0.1, 0.15) is 12.1 Å². The molecule has 0 rings (SSSR count). The number of primary amides is 2. The number of carbonyl (C=O) groups excluding carboxylic acids is 4. The van der Waals surface area contributed by atoms with Crippen LogP contribution in [0.15, 0.2) is 0 Å². The van der Waals surface area contributed by atoms with Gasteiger partial charge in [0.15, 0.2) is 0 Å². The maximum atomic E-state index is 10.2. The molecule has 2 atom stereocenters. The summed E-state index contributed by atoms with van der Waals surface area (Å²) in [6.45, 7) is 0. The van der Waals surface area contributed by atoms with E-state index in [0.717, 1.165) is 0 Å². The first-order valence-electron chi connectivity index (χ1n) is 5.84. The number of nitrogens with two attached hydrogens (primary N) is 2. The molecule has 25 heavy (non-hydrogen) atoms. The zero-order valence-corrected chi connectivity index (χ0v) is 14.8. The summed E-state index contributed by atoms with van der Waals surface area (Å²) in [7, 11) is 0. The fraction of sp³-hybridized carbons (Fsp3) is 0.400. The zero-order chi connectivity index (χ0) is 19.4.